The summed E-state index contributed by atoms with van der Waals surface area (Å²) < 4.78 is 6.45. The Morgan fingerprint density at radius 3 is 2.41 bits per heavy atom. The summed E-state index contributed by atoms with van der Waals surface area (Å²) >= 11 is 0. The highest BCUT2D eigenvalue weighted by Crippen LogP contribution is 2.44. The molecule has 3 rings (SSSR count). The molecule has 3 fully saturated rings. The van der Waals surface area contributed by atoms with Gasteiger partial charge < -0.3 is 9.64 Å². The van der Waals surface area contributed by atoms with Gasteiger partial charge in [-0.15, -0.1) is 0 Å². The Balaban J connectivity index is 1.64. The number of fused-ring (bicyclic) bond motifs is 2. The van der Waals surface area contributed by atoms with Gasteiger partial charge in [-0.2, -0.15) is 0 Å². The van der Waals surface area contributed by atoms with E-state index in [0.717, 1.165) is 17.9 Å². The summed E-state index contributed by atoms with van der Waals surface area (Å²) in [6, 6.07) is 0.761. The van der Waals surface area contributed by atoms with Crippen molar-refractivity contribution in [2.75, 3.05) is 14.1 Å². The third kappa shape index (κ3) is 2.39. The molecular weight excluding hydrogens is 210 g/mol. The van der Waals surface area contributed by atoms with Crippen molar-refractivity contribution in [3.05, 3.63) is 0 Å². The molecule has 1 heterocycles. The lowest BCUT2D eigenvalue weighted by molar-refractivity contribution is -0.149. The summed E-state index contributed by atoms with van der Waals surface area (Å²) in [4.78, 5) is 2.40. The number of rotatable bonds is 1. The van der Waals surface area contributed by atoms with Gasteiger partial charge in [-0.1, -0.05) is 12.8 Å². The summed E-state index contributed by atoms with van der Waals surface area (Å²) in [5.41, 5.74) is 0. The van der Waals surface area contributed by atoms with Gasteiger partial charge in [0.05, 0.1) is 12.2 Å². The Kier molecular flexibility index (Phi) is 3.45. The molecule has 2 saturated carbocycles. The summed E-state index contributed by atoms with van der Waals surface area (Å²) in [7, 11) is 4.44. The number of ether oxygens (including phenoxy) is 1. The van der Waals surface area contributed by atoms with Gasteiger partial charge in [0.25, 0.3) is 0 Å². The zero-order valence-corrected chi connectivity index (χ0v) is 11.4. The Morgan fingerprint density at radius 1 is 0.824 bits per heavy atom. The zero-order chi connectivity index (χ0) is 11.8. The van der Waals surface area contributed by atoms with Crippen LogP contribution >= 0.6 is 0 Å². The Bertz CT molecular complexity index is 266. The molecule has 2 nitrogen and oxygen atoms in total. The van der Waals surface area contributed by atoms with Gasteiger partial charge in [0, 0.05) is 6.04 Å². The van der Waals surface area contributed by atoms with Crippen LogP contribution in [0.3, 0.4) is 0 Å². The van der Waals surface area contributed by atoms with Gasteiger partial charge in [-0.3, -0.25) is 0 Å². The predicted molar refractivity (Wildman–Crippen MR) is 70.1 cm³/mol. The van der Waals surface area contributed by atoms with E-state index in [2.05, 4.69) is 19.0 Å². The van der Waals surface area contributed by atoms with Gasteiger partial charge in [0.2, 0.25) is 0 Å². The van der Waals surface area contributed by atoms with Crippen molar-refractivity contribution in [1.29, 1.82) is 0 Å². The molecular formula is C15H27NO. The van der Waals surface area contributed by atoms with E-state index in [9.17, 15) is 0 Å². The van der Waals surface area contributed by atoms with Crippen molar-refractivity contribution in [2.45, 2.75) is 69.6 Å². The summed E-state index contributed by atoms with van der Waals surface area (Å²) in [5, 5.41) is 0. The largest absolute Gasteiger partial charge is 0.374 e. The molecule has 0 radical (unpaired) electrons. The van der Waals surface area contributed by atoms with E-state index in [1.165, 1.54) is 51.4 Å². The molecule has 0 aromatic carbocycles. The van der Waals surface area contributed by atoms with Crippen molar-refractivity contribution in [3.63, 3.8) is 0 Å². The maximum Gasteiger partial charge on any atom is 0.0622 e. The van der Waals surface area contributed by atoms with Crippen molar-refractivity contribution in [2.24, 2.45) is 11.8 Å². The first-order valence-corrected chi connectivity index (χ1v) is 7.56. The Morgan fingerprint density at radius 2 is 1.59 bits per heavy atom. The lowest BCUT2D eigenvalue weighted by atomic mass is 9.71. The molecule has 0 spiro atoms. The normalized spacial score (nSPS) is 46.4. The van der Waals surface area contributed by atoms with Crippen LogP contribution in [-0.4, -0.2) is 37.2 Å². The minimum Gasteiger partial charge on any atom is -0.374 e. The van der Waals surface area contributed by atoms with Gasteiger partial charge >= 0.3 is 0 Å². The van der Waals surface area contributed by atoms with Gasteiger partial charge in [-0.25, -0.2) is 0 Å². The van der Waals surface area contributed by atoms with Crippen LogP contribution < -0.4 is 0 Å². The highest BCUT2D eigenvalue weighted by atomic mass is 16.5. The van der Waals surface area contributed by atoms with E-state index in [4.69, 9.17) is 4.74 Å². The molecule has 1 saturated heterocycles. The second kappa shape index (κ2) is 4.89. The highest BCUT2D eigenvalue weighted by molar-refractivity contribution is 4.92. The van der Waals surface area contributed by atoms with Crippen molar-refractivity contribution >= 4 is 0 Å². The Hall–Kier alpha value is -0.0800. The summed E-state index contributed by atoms with van der Waals surface area (Å²) in [6.45, 7) is 0. The first-order chi connectivity index (χ1) is 8.24. The monoisotopic (exact) mass is 237 g/mol. The average Bonchev–Trinajstić information content (AvgIpc) is 2.35. The van der Waals surface area contributed by atoms with Crippen LogP contribution in [0.2, 0.25) is 0 Å². The fourth-order valence-electron chi connectivity index (χ4n) is 4.31. The van der Waals surface area contributed by atoms with Crippen molar-refractivity contribution in [1.82, 2.24) is 4.90 Å². The first-order valence-electron chi connectivity index (χ1n) is 7.56. The van der Waals surface area contributed by atoms with Gasteiger partial charge in [0.1, 0.15) is 0 Å². The molecule has 0 bridgehead atoms. The molecule has 5 atom stereocenters. The zero-order valence-electron chi connectivity index (χ0n) is 11.4. The van der Waals surface area contributed by atoms with Gasteiger partial charge in [0.15, 0.2) is 0 Å². The average molecular weight is 237 g/mol. The maximum atomic E-state index is 6.45. The van der Waals surface area contributed by atoms with E-state index < -0.39 is 0 Å². The molecule has 2 aliphatic carbocycles. The fraction of sp³-hybridized carbons (Fsp3) is 1.00. The van der Waals surface area contributed by atoms with Crippen LogP contribution in [0.15, 0.2) is 0 Å². The topological polar surface area (TPSA) is 12.5 Å². The molecule has 98 valence electrons. The van der Waals surface area contributed by atoms with Crippen LogP contribution in [0.4, 0.5) is 0 Å². The van der Waals surface area contributed by atoms with E-state index >= 15 is 0 Å². The SMILES string of the molecule is CN(C)C1CCC2CC3CCCCC3OC2C1. The summed E-state index contributed by atoms with van der Waals surface area (Å²) in [5.74, 6) is 1.78. The van der Waals surface area contributed by atoms with Crippen LogP contribution in [0.5, 0.6) is 0 Å². The predicted octanol–water partition coefficient (Wildman–Crippen LogP) is 3.06. The lowest BCUT2D eigenvalue weighted by Crippen LogP contribution is -2.48. The van der Waals surface area contributed by atoms with Crippen molar-refractivity contribution in [3.8, 4) is 0 Å². The third-order valence-corrected chi connectivity index (χ3v) is 5.43. The van der Waals surface area contributed by atoms with E-state index in [1.54, 1.807) is 0 Å². The molecule has 5 unspecified atom stereocenters. The molecule has 0 amide bonds. The Labute approximate surface area is 106 Å². The highest BCUT2D eigenvalue weighted by Gasteiger charge is 2.41. The van der Waals surface area contributed by atoms with Crippen LogP contribution in [-0.2, 0) is 4.74 Å². The number of hydrogen-bond acceptors (Lipinski definition) is 2. The minimum absolute atomic E-state index is 0.579. The molecule has 0 aromatic heterocycles. The van der Waals surface area contributed by atoms with Crippen LogP contribution in [0.1, 0.15) is 51.4 Å². The molecule has 3 aliphatic rings. The standard InChI is InChI=1S/C15H27NO/c1-16(2)13-8-7-12-9-11-5-3-4-6-14(11)17-15(12)10-13/h11-15H,3-10H2,1-2H3. The van der Waals surface area contributed by atoms with Crippen molar-refractivity contribution < 1.29 is 4.74 Å². The smallest absolute Gasteiger partial charge is 0.0622 e. The molecule has 1 aliphatic heterocycles. The first kappa shape index (κ1) is 12.0. The fourth-order valence-corrected chi connectivity index (χ4v) is 4.31. The van der Waals surface area contributed by atoms with Gasteiger partial charge in [-0.05, 0) is 64.5 Å². The second-order valence-corrected chi connectivity index (χ2v) is 6.68. The van der Waals surface area contributed by atoms with E-state index in [0.29, 0.717) is 12.2 Å². The summed E-state index contributed by atoms with van der Waals surface area (Å²) in [6.07, 6.45) is 12.3. The quantitative estimate of drug-likeness (QED) is 0.695. The number of nitrogens with zero attached hydrogens (tertiary/aromatic N) is 1. The maximum absolute atomic E-state index is 6.45. The molecule has 0 aromatic rings. The van der Waals surface area contributed by atoms with Crippen LogP contribution in [0, 0.1) is 11.8 Å². The third-order valence-electron chi connectivity index (χ3n) is 5.43. The molecule has 2 heteroatoms. The van der Waals surface area contributed by atoms with E-state index in [1.807, 2.05) is 0 Å². The second-order valence-electron chi connectivity index (χ2n) is 6.68. The minimum atomic E-state index is 0.579. The number of hydrogen-bond donors (Lipinski definition) is 0. The molecule has 0 N–H and O–H groups in total. The lowest BCUT2D eigenvalue weighted by Gasteiger charge is -2.48. The molecule has 17 heavy (non-hydrogen) atoms. The van der Waals surface area contributed by atoms with Crippen LogP contribution in [0.25, 0.3) is 0 Å². The van der Waals surface area contributed by atoms with E-state index in [-0.39, 0.29) is 0 Å².